The third-order valence-corrected chi connectivity index (χ3v) is 4.85. The maximum Gasteiger partial charge on any atom is 0.233 e. The SMILES string of the molecule is ON1CN2C[C@H]1CC[C@H]2c1nnc(C2CCCC2)o1. The minimum Gasteiger partial charge on any atom is -0.423 e. The molecule has 0 amide bonds. The second-order valence-electron chi connectivity index (χ2n) is 6.06. The maximum atomic E-state index is 9.77. The van der Waals surface area contributed by atoms with Gasteiger partial charge in [-0.3, -0.25) is 4.90 Å². The maximum absolute atomic E-state index is 9.77. The zero-order valence-corrected chi connectivity index (χ0v) is 11.0. The highest BCUT2D eigenvalue weighted by Gasteiger charge is 2.41. The van der Waals surface area contributed by atoms with Crippen molar-refractivity contribution in [2.45, 2.75) is 56.5 Å². The molecule has 3 fully saturated rings. The Kier molecular flexibility index (Phi) is 2.82. The second kappa shape index (κ2) is 4.54. The van der Waals surface area contributed by atoms with Crippen molar-refractivity contribution in [2.75, 3.05) is 13.2 Å². The Balaban J connectivity index is 1.53. The molecule has 3 aliphatic rings. The number of hydrogen-bond acceptors (Lipinski definition) is 6. The molecular weight excluding hydrogens is 244 g/mol. The van der Waals surface area contributed by atoms with E-state index in [2.05, 4.69) is 15.1 Å². The highest BCUT2D eigenvalue weighted by Crippen LogP contribution is 2.38. The standard InChI is InChI=1S/C13H20N4O2/c18-17-8-16-7-10(17)5-6-11(16)13-15-14-12(19-13)9-3-1-2-4-9/h9-11,18H,1-8H2/t10-,11+/m1/s1. The first-order valence-corrected chi connectivity index (χ1v) is 7.34. The molecule has 3 heterocycles. The van der Waals surface area contributed by atoms with Gasteiger partial charge in [-0.15, -0.1) is 10.2 Å². The fourth-order valence-electron chi connectivity index (χ4n) is 3.72. The molecule has 19 heavy (non-hydrogen) atoms. The number of aromatic nitrogens is 2. The van der Waals surface area contributed by atoms with E-state index in [1.807, 2.05) is 0 Å². The minimum atomic E-state index is 0.191. The molecule has 1 aromatic heterocycles. The fraction of sp³-hybridized carbons (Fsp3) is 0.846. The third kappa shape index (κ3) is 1.98. The van der Waals surface area contributed by atoms with Gasteiger partial charge in [-0.25, -0.2) is 0 Å². The number of nitrogens with zero attached hydrogens (tertiary/aromatic N) is 4. The van der Waals surface area contributed by atoms with Gasteiger partial charge in [0.15, 0.2) is 0 Å². The first-order chi connectivity index (χ1) is 9.31. The summed E-state index contributed by atoms with van der Waals surface area (Å²) < 4.78 is 5.93. The van der Waals surface area contributed by atoms with Crippen molar-refractivity contribution >= 4 is 0 Å². The number of piperidine rings is 1. The van der Waals surface area contributed by atoms with E-state index >= 15 is 0 Å². The molecule has 0 spiro atoms. The summed E-state index contributed by atoms with van der Waals surface area (Å²) in [5, 5.41) is 19.7. The molecule has 2 aliphatic heterocycles. The Morgan fingerprint density at radius 1 is 1.05 bits per heavy atom. The van der Waals surface area contributed by atoms with Crippen molar-refractivity contribution < 1.29 is 9.62 Å². The Hall–Kier alpha value is -0.980. The zero-order chi connectivity index (χ0) is 12.8. The molecule has 0 aromatic carbocycles. The molecule has 1 saturated carbocycles. The van der Waals surface area contributed by atoms with E-state index in [9.17, 15) is 5.21 Å². The van der Waals surface area contributed by atoms with Gasteiger partial charge in [0.2, 0.25) is 11.8 Å². The van der Waals surface area contributed by atoms with Crippen LogP contribution < -0.4 is 0 Å². The highest BCUT2D eigenvalue weighted by molar-refractivity contribution is 5.01. The third-order valence-electron chi connectivity index (χ3n) is 4.85. The Morgan fingerprint density at radius 3 is 2.68 bits per heavy atom. The van der Waals surface area contributed by atoms with Crippen LogP contribution in [0.3, 0.4) is 0 Å². The van der Waals surface area contributed by atoms with Gasteiger partial charge in [-0.05, 0) is 25.7 Å². The predicted octanol–water partition coefficient (Wildman–Crippen LogP) is 1.89. The van der Waals surface area contributed by atoms with Gasteiger partial charge in [-0.2, -0.15) is 5.06 Å². The number of hydroxylamine groups is 2. The van der Waals surface area contributed by atoms with Crippen molar-refractivity contribution in [1.29, 1.82) is 0 Å². The molecule has 2 saturated heterocycles. The monoisotopic (exact) mass is 264 g/mol. The van der Waals surface area contributed by atoms with Crippen LogP contribution >= 0.6 is 0 Å². The first-order valence-electron chi connectivity index (χ1n) is 7.34. The van der Waals surface area contributed by atoms with Crippen molar-refractivity contribution in [1.82, 2.24) is 20.2 Å². The van der Waals surface area contributed by atoms with E-state index in [1.54, 1.807) is 0 Å². The first kappa shape index (κ1) is 11.8. The van der Waals surface area contributed by atoms with Crippen LogP contribution in [-0.2, 0) is 0 Å². The largest absolute Gasteiger partial charge is 0.423 e. The Bertz CT molecular complexity index is 455. The van der Waals surface area contributed by atoms with Crippen LogP contribution in [0.15, 0.2) is 4.42 Å². The molecule has 0 radical (unpaired) electrons. The predicted molar refractivity (Wildman–Crippen MR) is 66.5 cm³/mol. The van der Waals surface area contributed by atoms with E-state index in [0.29, 0.717) is 12.6 Å². The van der Waals surface area contributed by atoms with Gasteiger partial charge in [0.05, 0.1) is 12.7 Å². The quantitative estimate of drug-likeness (QED) is 0.880. The molecule has 104 valence electrons. The molecule has 1 aliphatic carbocycles. The molecule has 3 atom stereocenters. The summed E-state index contributed by atoms with van der Waals surface area (Å²) in [6.45, 7) is 1.50. The van der Waals surface area contributed by atoms with Crippen LogP contribution in [-0.4, -0.2) is 44.6 Å². The smallest absolute Gasteiger partial charge is 0.233 e. The van der Waals surface area contributed by atoms with Gasteiger partial charge in [0.25, 0.3) is 0 Å². The lowest BCUT2D eigenvalue weighted by molar-refractivity contribution is -0.106. The van der Waals surface area contributed by atoms with Crippen molar-refractivity contribution in [3.05, 3.63) is 11.8 Å². The van der Waals surface area contributed by atoms with Gasteiger partial charge in [-0.1, -0.05) is 12.8 Å². The van der Waals surface area contributed by atoms with E-state index < -0.39 is 0 Å². The van der Waals surface area contributed by atoms with Gasteiger partial charge in [0.1, 0.15) is 0 Å². The lowest BCUT2D eigenvalue weighted by Gasteiger charge is -2.27. The normalized spacial score (nSPS) is 36.2. The van der Waals surface area contributed by atoms with Crippen molar-refractivity contribution in [3.63, 3.8) is 0 Å². The van der Waals surface area contributed by atoms with Crippen LogP contribution in [0.4, 0.5) is 0 Å². The minimum absolute atomic E-state index is 0.191. The van der Waals surface area contributed by atoms with Crippen LogP contribution in [0, 0.1) is 0 Å². The molecule has 6 nitrogen and oxygen atoms in total. The van der Waals surface area contributed by atoms with Crippen LogP contribution in [0.1, 0.15) is 62.3 Å². The van der Waals surface area contributed by atoms with Gasteiger partial charge < -0.3 is 9.62 Å². The van der Waals surface area contributed by atoms with Gasteiger partial charge in [0, 0.05) is 18.5 Å². The molecule has 6 heteroatoms. The number of hydrogen-bond donors (Lipinski definition) is 1. The fourth-order valence-corrected chi connectivity index (χ4v) is 3.72. The zero-order valence-electron chi connectivity index (χ0n) is 11.0. The summed E-state index contributed by atoms with van der Waals surface area (Å²) in [5.74, 6) is 2.05. The summed E-state index contributed by atoms with van der Waals surface area (Å²) in [5.41, 5.74) is 0. The lowest BCUT2D eigenvalue weighted by Crippen LogP contribution is -2.33. The molecule has 2 bridgehead atoms. The summed E-state index contributed by atoms with van der Waals surface area (Å²) >= 11 is 0. The van der Waals surface area contributed by atoms with Crippen molar-refractivity contribution in [2.24, 2.45) is 0 Å². The lowest BCUT2D eigenvalue weighted by atomic mass is 10.0. The summed E-state index contributed by atoms with van der Waals surface area (Å²) in [6, 6.07) is 0.476. The molecule has 1 aromatic rings. The van der Waals surface area contributed by atoms with E-state index in [0.717, 1.165) is 31.2 Å². The van der Waals surface area contributed by atoms with Crippen molar-refractivity contribution in [3.8, 4) is 0 Å². The Labute approximate surface area is 112 Å². The average Bonchev–Trinajstić information content (AvgIpc) is 3.13. The molecule has 1 unspecified atom stereocenters. The molecule has 4 rings (SSSR count). The molecular formula is C13H20N4O2. The van der Waals surface area contributed by atoms with E-state index in [-0.39, 0.29) is 12.1 Å². The Morgan fingerprint density at radius 2 is 1.84 bits per heavy atom. The average molecular weight is 264 g/mol. The topological polar surface area (TPSA) is 65.6 Å². The summed E-state index contributed by atoms with van der Waals surface area (Å²) in [4.78, 5) is 2.24. The molecule has 1 N–H and O–H groups in total. The van der Waals surface area contributed by atoms with Crippen LogP contribution in [0.5, 0.6) is 0 Å². The van der Waals surface area contributed by atoms with Crippen LogP contribution in [0.25, 0.3) is 0 Å². The van der Waals surface area contributed by atoms with E-state index in [1.165, 1.54) is 30.7 Å². The summed E-state index contributed by atoms with van der Waals surface area (Å²) in [6.07, 6.45) is 6.91. The van der Waals surface area contributed by atoms with E-state index in [4.69, 9.17) is 4.42 Å². The van der Waals surface area contributed by atoms with Gasteiger partial charge >= 0.3 is 0 Å². The second-order valence-corrected chi connectivity index (χ2v) is 6.06. The summed E-state index contributed by atoms with van der Waals surface area (Å²) in [7, 11) is 0. The highest BCUT2D eigenvalue weighted by atomic mass is 16.5. The number of fused-ring (bicyclic) bond motifs is 2. The van der Waals surface area contributed by atoms with Crippen LogP contribution in [0.2, 0.25) is 0 Å². The number of rotatable bonds is 2.